The van der Waals surface area contributed by atoms with E-state index < -0.39 is 0 Å². The average Bonchev–Trinajstić information content (AvgIpc) is 2.04. The Labute approximate surface area is 77.7 Å². The van der Waals surface area contributed by atoms with Crippen molar-refractivity contribution in [2.45, 2.75) is 20.8 Å². The van der Waals surface area contributed by atoms with Crippen molar-refractivity contribution in [1.29, 1.82) is 0 Å². The van der Waals surface area contributed by atoms with E-state index in [1.165, 1.54) is 0 Å². The van der Waals surface area contributed by atoms with Crippen molar-refractivity contribution in [3.8, 4) is 0 Å². The lowest BCUT2D eigenvalue weighted by molar-refractivity contribution is -0.144. The first-order valence-corrected chi connectivity index (χ1v) is 4.29. The molecule has 1 aliphatic rings. The number of carbonyl (C=O) groups excluding carboxylic acids is 1. The maximum atomic E-state index is 11.4. The zero-order chi connectivity index (χ0) is 9.84. The van der Waals surface area contributed by atoms with E-state index in [0.717, 1.165) is 11.3 Å². The Morgan fingerprint density at radius 2 is 2.38 bits per heavy atom. The molecule has 0 amide bonds. The van der Waals surface area contributed by atoms with Crippen LogP contribution in [-0.4, -0.2) is 18.3 Å². The zero-order valence-corrected chi connectivity index (χ0v) is 8.13. The van der Waals surface area contributed by atoms with Gasteiger partial charge in [-0.1, -0.05) is 0 Å². The third-order valence-electron chi connectivity index (χ3n) is 1.93. The Morgan fingerprint density at radius 1 is 1.69 bits per heavy atom. The molecule has 0 aliphatic carbocycles. The summed E-state index contributed by atoms with van der Waals surface area (Å²) in [5.74, 6) is -0.528. The van der Waals surface area contributed by atoms with E-state index >= 15 is 0 Å². The van der Waals surface area contributed by atoms with E-state index in [9.17, 15) is 4.79 Å². The number of carbonyl (C=O) groups is 1. The SMILES string of the molecule is CCOC(=O)C1C(C)=CNN=C1C. The topological polar surface area (TPSA) is 50.7 Å². The van der Waals surface area contributed by atoms with Gasteiger partial charge in [-0.2, -0.15) is 5.10 Å². The lowest BCUT2D eigenvalue weighted by Crippen LogP contribution is -2.30. The molecular formula is C9H14N2O2. The standard InChI is InChI=1S/C9H14N2O2/c1-4-13-9(12)8-6(2)5-10-11-7(8)3/h5,8,10H,4H2,1-3H3. The van der Waals surface area contributed by atoms with E-state index in [0.29, 0.717) is 6.61 Å². The van der Waals surface area contributed by atoms with Crippen molar-refractivity contribution < 1.29 is 9.53 Å². The third kappa shape index (κ3) is 2.08. The van der Waals surface area contributed by atoms with Gasteiger partial charge >= 0.3 is 5.97 Å². The Morgan fingerprint density at radius 3 is 2.92 bits per heavy atom. The Kier molecular flexibility index (Phi) is 3.06. The number of nitrogens with one attached hydrogen (secondary N) is 1. The number of ether oxygens (including phenoxy) is 1. The maximum absolute atomic E-state index is 11.4. The number of rotatable bonds is 2. The van der Waals surface area contributed by atoms with Crippen molar-refractivity contribution >= 4 is 11.7 Å². The second kappa shape index (κ2) is 4.07. The average molecular weight is 182 g/mol. The molecule has 1 rings (SSSR count). The van der Waals surface area contributed by atoms with Gasteiger partial charge in [0.1, 0.15) is 5.92 Å². The van der Waals surface area contributed by atoms with Crippen LogP contribution >= 0.6 is 0 Å². The van der Waals surface area contributed by atoms with E-state index in [4.69, 9.17) is 4.74 Å². The number of nitrogens with zero attached hydrogens (tertiary/aromatic N) is 1. The van der Waals surface area contributed by atoms with E-state index in [1.807, 2.05) is 13.8 Å². The van der Waals surface area contributed by atoms with Crippen LogP contribution in [0.25, 0.3) is 0 Å². The molecule has 0 spiro atoms. The molecule has 4 nitrogen and oxygen atoms in total. The highest BCUT2D eigenvalue weighted by Gasteiger charge is 2.26. The minimum absolute atomic E-state index is 0.223. The summed E-state index contributed by atoms with van der Waals surface area (Å²) < 4.78 is 4.93. The summed E-state index contributed by atoms with van der Waals surface area (Å²) >= 11 is 0. The van der Waals surface area contributed by atoms with Crippen molar-refractivity contribution in [3.63, 3.8) is 0 Å². The molecule has 1 unspecified atom stereocenters. The molecule has 0 aromatic carbocycles. The van der Waals surface area contributed by atoms with Gasteiger partial charge in [0.25, 0.3) is 0 Å². The van der Waals surface area contributed by atoms with Gasteiger partial charge in [-0.15, -0.1) is 0 Å². The monoisotopic (exact) mass is 182 g/mol. The van der Waals surface area contributed by atoms with Gasteiger partial charge in [0.05, 0.1) is 12.3 Å². The highest BCUT2D eigenvalue weighted by Crippen LogP contribution is 2.16. The third-order valence-corrected chi connectivity index (χ3v) is 1.93. The molecule has 0 radical (unpaired) electrons. The summed E-state index contributed by atoms with van der Waals surface area (Å²) in [6.07, 6.45) is 1.72. The van der Waals surface area contributed by atoms with Crippen LogP contribution in [0, 0.1) is 5.92 Å². The fourth-order valence-electron chi connectivity index (χ4n) is 1.30. The number of esters is 1. The molecule has 1 N–H and O–H groups in total. The number of hydrogen-bond acceptors (Lipinski definition) is 4. The molecular weight excluding hydrogens is 168 g/mol. The van der Waals surface area contributed by atoms with Crippen LogP contribution in [0.3, 0.4) is 0 Å². The molecule has 0 saturated heterocycles. The van der Waals surface area contributed by atoms with E-state index in [1.54, 1.807) is 13.1 Å². The highest BCUT2D eigenvalue weighted by molar-refractivity contribution is 6.04. The van der Waals surface area contributed by atoms with E-state index in [-0.39, 0.29) is 11.9 Å². The second-order valence-electron chi connectivity index (χ2n) is 2.96. The van der Waals surface area contributed by atoms with Crippen LogP contribution in [0.2, 0.25) is 0 Å². The lowest BCUT2D eigenvalue weighted by atomic mass is 9.96. The molecule has 0 bridgehead atoms. The molecule has 1 atom stereocenters. The maximum Gasteiger partial charge on any atom is 0.318 e. The molecule has 1 aliphatic heterocycles. The van der Waals surface area contributed by atoms with Crippen LogP contribution in [0.15, 0.2) is 16.9 Å². The van der Waals surface area contributed by atoms with Crippen molar-refractivity contribution in [3.05, 3.63) is 11.8 Å². The molecule has 1 heterocycles. The van der Waals surface area contributed by atoms with Crippen LogP contribution in [-0.2, 0) is 9.53 Å². The van der Waals surface area contributed by atoms with Crippen LogP contribution in [0.4, 0.5) is 0 Å². The van der Waals surface area contributed by atoms with Gasteiger partial charge in [-0.05, 0) is 26.3 Å². The minimum Gasteiger partial charge on any atom is -0.465 e. The van der Waals surface area contributed by atoms with Crippen LogP contribution < -0.4 is 5.43 Å². The van der Waals surface area contributed by atoms with Gasteiger partial charge in [0.15, 0.2) is 0 Å². The molecule has 0 aromatic rings. The predicted molar refractivity (Wildman–Crippen MR) is 50.1 cm³/mol. The fraction of sp³-hybridized carbons (Fsp3) is 0.556. The Bertz CT molecular complexity index is 251. The summed E-state index contributed by atoms with van der Waals surface area (Å²) in [5, 5.41) is 3.95. The predicted octanol–water partition coefficient (Wildman–Crippen LogP) is 1.05. The zero-order valence-electron chi connectivity index (χ0n) is 8.13. The van der Waals surface area contributed by atoms with Crippen LogP contribution in [0.1, 0.15) is 20.8 Å². The van der Waals surface area contributed by atoms with Gasteiger partial charge in [0, 0.05) is 6.20 Å². The molecule has 0 aromatic heterocycles. The highest BCUT2D eigenvalue weighted by atomic mass is 16.5. The number of hydrogen-bond donors (Lipinski definition) is 1. The van der Waals surface area contributed by atoms with Gasteiger partial charge in [0.2, 0.25) is 0 Å². The van der Waals surface area contributed by atoms with Crippen molar-refractivity contribution in [1.82, 2.24) is 5.43 Å². The first-order valence-electron chi connectivity index (χ1n) is 4.29. The first kappa shape index (κ1) is 9.77. The van der Waals surface area contributed by atoms with Crippen molar-refractivity contribution in [2.75, 3.05) is 6.61 Å². The summed E-state index contributed by atoms with van der Waals surface area (Å²) in [6, 6.07) is 0. The minimum atomic E-state index is -0.304. The summed E-state index contributed by atoms with van der Waals surface area (Å²) in [6.45, 7) is 5.89. The largest absolute Gasteiger partial charge is 0.465 e. The van der Waals surface area contributed by atoms with Gasteiger partial charge in [-0.25, -0.2) is 0 Å². The normalized spacial score (nSPS) is 21.3. The summed E-state index contributed by atoms with van der Waals surface area (Å²) in [4.78, 5) is 11.4. The first-order chi connectivity index (χ1) is 6.16. The van der Waals surface area contributed by atoms with Gasteiger partial charge < -0.3 is 4.74 Å². The smallest absolute Gasteiger partial charge is 0.318 e. The fourth-order valence-corrected chi connectivity index (χ4v) is 1.30. The van der Waals surface area contributed by atoms with Crippen molar-refractivity contribution in [2.24, 2.45) is 11.0 Å². The van der Waals surface area contributed by atoms with Gasteiger partial charge in [-0.3, -0.25) is 10.2 Å². The Hall–Kier alpha value is -1.32. The Balaban J connectivity index is 2.75. The second-order valence-corrected chi connectivity index (χ2v) is 2.96. The lowest BCUT2D eigenvalue weighted by Gasteiger charge is -2.19. The van der Waals surface area contributed by atoms with Crippen LogP contribution in [0.5, 0.6) is 0 Å². The quantitative estimate of drug-likeness (QED) is 0.649. The molecule has 0 fully saturated rings. The summed E-state index contributed by atoms with van der Waals surface area (Å²) in [7, 11) is 0. The molecule has 0 saturated carbocycles. The molecule has 4 heteroatoms. The summed E-state index contributed by atoms with van der Waals surface area (Å²) in [5.41, 5.74) is 4.41. The number of hydrazone groups is 1. The molecule has 72 valence electrons. The molecule has 13 heavy (non-hydrogen) atoms. The van der Waals surface area contributed by atoms with E-state index in [2.05, 4.69) is 10.5 Å².